The molecule has 8 heteroatoms. The molecule has 1 unspecified atom stereocenters. The van der Waals surface area contributed by atoms with Crippen LogP contribution in [0.5, 0.6) is 0 Å². The van der Waals surface area contributed by atoms with Crippen molar-refractivity contribution in [3.05, 3.63) is 11.3 Å². The third-order valence-corrected chi connectivity index (χ3v) is 3.29. The van der Waals surface area contributed by atoms with Crippen molar-refractivity contribution in [1.82, 2.24) is 9.69 Å². The highest BCUT2D eigenvalue weighted by atomic mass is 32.1. The Balaban J connectivity index is 2.64. The first-order chi connectivity index (χ1) is 8.97. The molecule has 1 atom stereocenters. The molecule has 106 valence electrons. The lowest BCUT2D eigenvalue weighted by molar-refractivity contribution is -0.121. The average molecular weight is 287 g/mol. The van der Waals surface area contributed by atoms with Crippen LogP contribution in [-0.2, 0) is 9.53 Å². The predicted molar refractivity (Wildman–Crippen MR) is 71.8 cm³/mol. The molecule has 7 nitrogen and oxygen atoms in total. The van der Waals surface area contributed by atoms with Crippen LogP contribution in [0.25, 0.3) is 0 Å². The number of carboxylic acid groups (broad SMARTS) is 1. The first-order valence-electron chi connectivity index (χ1n) is 5.70. The van der Waals surface area contributed by atoms with Gasteiger partial charge in [0.05, 0.1) is 12.3 Å². The van der Waals surface area contributed by atoms with Crippen LogP contribution in [0.15, 0.2) is 0 Å². The molecule has 1 aromatic rings. The Hall–Kier alpha value is -1.67. The highest BCUT2D eigenvalue weighted by molar-refractivity contribution is 7.10. The summed E-state index contributed by atoms with van der Waals surface area (Å²) < 4.78 is 8.80. The van der Waals surface area contributed by atoms with Gasteiger partial charge in [0, 0.05) is 13.7 Å². The summed E-state index contributed by atoms with van der Waals surface area (Å²) in [7, 11) is 1.55. The number of ether oxygens (including phenoxy) is 1. The quantitative estimate of drug-likeness (QED) is 0.639. The molecule has 1 aromatic heterocycles. The summed E-state index contributed by atoms with van der Waals surface area (Å²) >= 11 is 1.03. The zero-order chi connectivity index (χ0) is 14.4. The number of nitrogens with one attached hydrogen (secondary N) is 2. The standard InChI is InChI=1S/C11H17N3O4S/c1-6-8(11(16)17)10(19-14-6)13-7(2)9(15)12-4-5-18-3/h7,13H,4-5H2,1-3H3,(H,12,15)(H,16,17). The number of hydrogen-bond donors (Lipinski definition) is 3. The van der Waals surface area contributed by atoms with Gasteiger partial charge in [-0.05, 0) is 25.4 Å². The van der Waals surface area contributed by atoms with E-state index in [9.17, 15) is 9.59 Å². The van der Waals surface area contributed by atoms with Crippen LogP contribution in [0.1, 0.15) is 23.0 Å². The van der Waals surface area contributed by atoms with Crippen molar-refractivity contribution in [3.8, 4) is 0 Å². The molecule has 0 saturated heterocycles. The topological polar surface area (TPSA) is 101 Å². The zero-order valence-corrected chi connectivity index (χ0v) is 11.8. The van der Waals surface area contributed by atoms with Crippen LogP contribution in [0.3, 0.4) is 0 Å². The Kier molecular flexibility index (Phi) is 5.71. The van der Waals surface area contributed by atoms with Gasteiger partial charge < -0.3 is 20.5 Å². The molecule has 3 N–H and O–H groups in total. The normalized spacial score (nSPS) is 11.9. The van der Waals surface area contributed by atoms with Crippen molar-refractivity contribution >= 4 is 28.4 Å². The van der Waals surface area contributed by atoms with Crippen molar-refractivity contribution in [1.29, 1.82) is 0 Å². The number of rotatable bonds is 7. The Labute approximate surface area is 115 Å². The van der Waals surface area contributed by atoms with Crippen molar-refractivity contribution in [2.75, 3.05) is 25.6 Å². The molecule has 19 heavy (non-hydrogen) atoms. The van der Waals surface area contributed by atoms with Gasteiger partial charge in [0.15, 0.2) is 0 Å². The third kappa shape index (κ3) is 4.18. The van der Waals surface area contributed by atoms with Gasteiger partial charge in [-0.15, -0.1) is 0 Å². The van der Waals surface area contributed by atoms with Gasteiger partial charge in [-0.3, -0.25) is 4.79 Å². The Morgan fingerprint density at radius 3 is 2.79 bits per heavy atom. The molecule has 1 amide bonds. The SMILES string of the molecule is COCCNC(=O)C(C)Nc1snc(C)c1C(=O)O. The van der Waals surface area contributed by atoms with E-state index in [1.54, 1.807) is 21.0 Å². The van der Waals surface area contributed by atoms with Gasteiger partial charge in [-0.2, -0.15) is 4.37 Å². The summed E-state index contributed by atoms with van der Waals surface area (Å²) in [6.07, 6.45) is 0. The van der Waals surface area contributed by atoms with Gasteiger partial charge in [-0.25, -0.2) is 4.79 Å². The minimum atomic E-state index is -1.05. The average Bonchev–Trinajstić information content (AvgIpc) is 2.70. The number of carbonyl (C=O) groups is 2. The van der Waals surface area contributed by atoms with Gasteiger partial charge >= 0.3 is 5.97 Å². The Bertz CT molecular complexity index is 461. The Morgan fingerprint density at radius 1 is 1.53 bits per heavy atom. The fraction of sp³-hybridized carbons (Fsp3) is 0.545. The van der Waals surface area contributed by atoms with E-state index in [1.165, 1.54) is 0 Å². The molecule has 1 heterocycles. The molecule has 0 fully saturated rings. The van der Waals surface area contributed by atoms with Crippen LogP contribution < -0.4 is 10.6 Å². The molecule has 0 aromatic carbocycles. The number of carboxylic acids is 1. The van der Waals surface area contributed by atoms with Crippen LogP contribution >= 0.6 is 11.5 Å². The number of aryl methyl sites for hydroxylation is 1. The van der Waals surface area contributed by atoms with Gasteiger partial charge in [0.25, 0.3) is 0 Å². The second-order valence-corrected chi connectivity index (χ2v) is 4.70. The predicted octanol–water partition coefficient (Wildman–Crippen LogP) is 0.713. The van der Waals surface area contributed by atoms with E-state index in [-0.39, 0.29) is 11.5 Å². The summed E-state index contributed by atoms with van der Waals surface area (Å²) in [5.74, 6) is -1.28. The molecule has 1 rings (SSSR count). The highest BCUT2D eigenvalue weighted by Crippen LogP contribution is 2.24. The number of aromatic carboxylic acids is 1. The molecule has 0 bridgehead atoms. The maximum Gasteiger partial charge on any atom is 0.340 e. The van der Waals surface area contributed by atoms with Crippen molar-refractivity contribution in [2.45, 2.75) is 19.9 Å². The van der Waals surface area contributed by atoms with Crippen LogP contribution in [0, 0.1) is 6.92 Å². The van der Waals surface area contributed by atoms with E-state index in [1.807, 2.05) is 0 Å². The maximum absolute atomic E-state index is 11.7. The summed E-state index contributed by atoms with van der Waals surface area (Å²) in [5, 5.41) is 15.0. The van der Waals surface area contributed by atoms with E-state index < -0.39 is 12.0 Å². The minimum absolute atomic E-state index is 0.113. The Morgan fingerprint density at radius 2 is 2.21 bits per heavy atom. The fourth-order valence-electron chi connectivity index (χ4n) is 1.41. The molecule has 0 aliphatic carbocycles. The van der Waals surface area contributed by atoms with Crippen LogP contribution in [0.2, 0.25) is 0 Å². The first kappa shape index (κ1) is 15.4. The molecular weight excluding hydrogens is 270 g/mol. The lowest BCUT2D eigenvalue weighted by Crippen LogP contribution is -2.39. The smallest absolute Gasteiger partial charge is 0.340 e. The highest BCUT2D eigenvalue weighted by Gasteiger charge is 2.21. The summed E-state index contributed by atoms with van der Waals surface area (Å²) in [5.41, 5.74) is 0.550. The van der Waals surface area contributed by atoms with Crippen molar-refractivity contribution in [2.24, 2.45) is 0 Å². The summed E-state index contributed by atoms with van der Waals surface area (Å²) in [4.78, 5) is 22.8. The van der Waals surface area contributed by atoms with Crippen LogP contribution in [0.4, 0.5) is 5.00 Å². The van der Waals surface area contributed by atoms with Crippen molar-refractivity contribution < 1.29 is 19.4 Å². The molecule has 0 saturated carbocycles. The van der Waals surface area contributed by atoms with E-state index in [4.69, 9.17) is 9.84 Å². The zero-order valence-electron chi connectivity index (χ0n) is 11.0. The minimum Gasteiger partial charge on any atom is -0.478 e. The number of aromatic nitrogens is 1. The second kappa shape index (κ2) is 7.05. The fourth-order valence-corrected chi connectivity index (χ4v) is 2.29. The molecular formula is C11H17N3O4S. The van der Waals surface area contributed by atoms with Crippen molar-refractivity contribution in [3.63, 3.8) is 0 Å². The first-order valence-corrected chi connectivity index (χ1v) is 6.47. The largest absolute Gasteiger partial charge is 0.478 e. The second-order valence-electron chi connectivity index (χ2n) is 3.93. The summed E-state index contributed by atoms with van der Waals surface area (Å²) in [6.45, 7) is 4.12. The maximum atomic E-state index is 11.7. The number of anilines is 1. The molecule has 0 radical (unpaired) electrons. The number of carbonyl (C=O) groups excluding carboxylic acids is 1. The van der Waals surface area contributed by atoms with Gasteiger partial charge in [0.2, 0.25) is 5.91 Å². The lowest BCUT2D eigenvalue weighted by atomic mass is 10.2. The molecule has 0 aliphatic heterocycles. The van der Waals surface area contributed by atoms with E-state index in [0.29, 0.717) is 23.8 Å². The molecule has 0 aliphatic rings. The number of nitrogens with zero attached hydrogens (tertiary/aromatic N) is 1. The van der Waals surface area contributed by atoms with E-state index in [2.05, 4.69) is 15.0 Å². The number of hydrogen-bond acceptors (Lipinski definition) is 6. The lowest BCUT2D eigenvalue weighted by Gasteiger charge is -2.14. The number of amides is 1. The third-order valence-electron chi connectivity index (χ3n) is 2.42. The van der Waals surface area contributed by atoms with Gasteiger partial charge in [-0.1, -0.05) is 0 Å². The monoisotopic (exact) mass is 287 g/mol. The van der Waals surface area contributed by atoms with E-state index in [0.717, 1.165) is 11.5 Å². The van der Waals surface area contributed by atoms with E-state index >= 15 is 0 Å². The molecule has 0 spiro atoms. The van der Waals surface area contributed by atoms with Crippen LogP contribution in [-0.4, -0.2) is 47.7 Å². The van der Waals surface area contributed by atoms with Gasteiger partial charge in [0.1, 0.15) is 16.6 Å². The number of methoxy groups -OCH3 is 1. The summed E-state index contributed by atoms with van der Waals surface area (Å²) in [6, 6.07) is -0.546.